The molecule has 2 rings (SSSR count). The molecule has 0 radical (unpaired) electrons. The first-order valence-corrected chi connectivity index (χ1v) is 6.15. The summed E-state index contributed by atoms with van der Waals surface area (Å²) in [4.78, 5) is 14.2. The monoisotopic (exact) mass is 227 g/mol. The summed E-state index contributed by atoms with van der Waals surface area (Å²) in [6.07, 6.45) is 1.05. The lowest BCUT2D eigenvalue weighted by molar-refractivity contribution is -0.128. The molecular formula is C11H21N3O2. The highest BCUT2D eigenvalue weighted by Crippen LogP contribution is 2.16. The molecule has 2 N–H and O–H groups in total. The lowest BCUT2D eigenvalue weighted by Crippen LogP contribution is -2.60. The molecule has 2 heterocycles. The van der Waals surface area contributed by atoms with Crippen molar-refractivity contribution in [1.82, 2.24) is 15.5 Å². The summed E-state index contributed by atoms with van der Waals surface area (Å²) in [6, 6.07) is 0.398. The van der Waals surface area contributed by atoms with Gasteiger partial charge in [-0.3, -0.25) is 9.69 Å². The first-order chi connectivity index (χ1) is 7.83. The van der Waals surface area contributed by atoms with Crippen molar-refractivity contribution in [3.8, 4) is 0 Å². The van der Waals surface area contributed by atoms with Gasteiger partial charge in [0.05, 0.1) is 6.61 Å². The van der Waals surface area contributed by atoms with Gasteiger partial charge >= 0.3 is 0 Å². The third kappa shape index (κ3) is 2.53. The minimum Gasteiger partial charge on any atom is -0.380 e. The molecule has 2 fully saturated rings. The van der Waals surface area contributed by atoms with E-state index in [0.29, 0.717) is 12.6 Å². The molecule has 2 atom stereocenters. The molecule has 0 aromatic heterocycles. The molecule has 0 saturated carbocycles. The number of likely N-dealkylation sites (N-methyl/N-ethyl adjacent to an activating group) is 1. The smallest absolute Gasteiger partial charge is 0.238 e. The molecule has 1 amide bonds. The van der Waals surface area contributed by atoms with Crippen molar-refractivity contribution in [3.05, 3.63) is 0 Å². The van der Waals surface area contributed by atoms with E-state index in [0.717, 1.165) is 39.3 Å². The van der Waals surface area contributed by atoms with Gasteiger partial charge in [-0.1, -0.05) is 0 Å². The summed E-state index contributed by atoms with van der Waals surface area (Å²) in [7, 11) is 0. The number of carbonyl (C=O) groups excluding carboxylic acids is 1. The van der Waals surface area contributed by atoms with Crippen LogP contribution in [0.25, 0.3) is 0 Å². The number of nitrogens with zero attached hydrogens (tertiary/aromatic N) is 1. The predicted octanol–water partition coefficient (Wildman–Crippen LogP) is -0.815. The second kappa shape index (κ2) is 5.61. The van der Waals surface area contributed by atoms with Crippen LogP contribution in [-0.4, -0.2) is 62.3 Å². The Balaban J connectivity index is 1.98. The molecule has 16 heavy (non-hydrogen) atoms. The van der Waals surface area contributed by atoms with Crippen molar-refractivity contribution < 1.29 is 9.53 Å². The average molecular weight is 227 g/mol. The molecule has 5 heteroatoms. The van der Waals surface area contributed by atoms with Crippen LogP contribution < -0.4 is 10.6 Å². The van der Waals surface area contributed by atoms with E-state index in [4.69, 9.17) is 4.74 Å². The molecule has 5 nitrogen and oxygen atoms in total. The third-order valence-corrected chi connectivity index (χ3v) is 3.31. The highest BCUT2D eigenvalue weighted by Gasteiger charge is 2.34. The summed E-state index contributed by atoms with van der Waals surface area (Å²) < 4.78 is 5.40. The summed E-state index contributed by atoms with van der Waals surface area (Å²) in [6.45, 7) is 6.92. The zero-order chi connectivity index (χ0) is 11.4. The number of piperazine rings is 1. The fourth-order valence-corrected chi connectivity index (χ4v) is 2.48. The molecule has 0 aliphatic carbocycles. The van der Waals surface area contributed by atoms with Crippen molar-refractivity contribution in [2.45, 2.75) is 25.4 Å². The van der Waals surface area contributed by atoms with Gasteiger partial charge in [0.1, 0.15) is 6.04 Å². The van der Waals surface area contributed by atoms with Crippen molar-refractivity contribution in [2.75, 3.05) is 39.4 Å². The zero-order valence-corrected chi connectivity index (χ0v) is 9.87. The number of carbonyl (C=O) groups is 1. The molecule has 2 unspecified atom stereocenters. The van der Waals surface area contributed by atoms with Gasteiger partial charge in [-0.25, -0.2) is 0 Å². The van der Waals surface area contributed by atoms with Crippen LogP contribution in [0.4, 0.5) is 0 Å². The minimum absolute atomic E-state index is 0.0274. The Morgan fingerprint density at radius 3 is 3.19 bits per heavy atom. The lowest BCUT2D eigenvalue weighted by atomic mass is 10.1. The number of ether oxygens (including phenoxy) is 1. The van der Waals surface area contributed by atoms with Crippen molar-refractivity contribution in [1.29, 1.82) is 0 Å². The van der Waals surface area contributed by atoms with Crippen molar-refractivity contribution in [2.24, 2.45) is 0 Å². The quantitative estimate of drug-likeness (QED) is 0.662. The van der Waals surface area contributed by atoms with Crippen LogP contribution in [0.5, 0.6) is 0 Å². The highest BCUT2D eigenvalue weighted by molar-refractivity contribution is 5.82. The lowest BCUT2D eigenvalue weighted by Gasteiger charge is -2.38. The van der Waals surface area contributed by atoms with E-state index in [1.54, 1.807) is 0 Å². The Morgan fingerprint density at radius 2 is 2.50 bits per heavy atom. The standard InChI is InChI=1S/C11H21N3O2/c1-2-13-11(15)10-7-12-4-5-14(10)9-3-6-16-8-9/h9-10,12H,2-8H2,1H3,(H,13,15). The van der Waals surface area contributed by atoms with Crippen molar-refractivity contribution in [3.63, 3.8) is 0 Å². The topological polar surface area (TPSA) is 53.6 Å². The summed E-state index contributed by atoms with van der Waals surface area (Å²) >= 11 is 0. The summed E-state index contributed by atoms with van der Waals surface area (Å²) in [5.41, 5.74) is 0. The van der Waals surface area contributed by atoms with E-state index in [1.165, 1.54) is 0 Å². The SMILES string of the molecule is CCNC(=O)C1CNCCN1C1CCOC1. The maximum Gasteiger partial charge on any atom is 0.238 e. The van der Waals surface area contributed by atoms with Crippen LogP contribution in [0.3, 0.4) is 0 Å². The van der Waals surface area contributed by atoms with Crippen LogP contribution in [0.15, 0.2) is 0 Å². The molecule has 0 aromatic rings. The van der Waals surface area contributed by atoms with Crippen LogP contribution in [0.2, 0.25) is 0 Å². The van der Waals surface area contributed by atoms with Gasteiger partial charge in [0, 0.05) is 38.8 Å². The van der Waals surface area contributed by atoms with E-state index >= 15 is 0 Å². The number of amides is 1. The van der Waals surface area contributed by atoms with Gasteiger partial charge in [-0.15, -0.1) is 0 Å². The van der Waals surface area contributed by atoms with Gasteiger partial charge in [0.2, 0.25) is 5.91 Å². The fourth-order valence-electron chi connectivity index (χ4n) is 2.48. The molecule has 2 saturated heterocycles. The van der Waals surface area contributed by atoms with Crippen LogP contribution >= 0.6 is 0 Å². The Labute approximate surface area is 96.5 Å². The number of hydrogen-bond donors (Lipinski definition) is 2. The fraction of sp³-hybridized carbons (Fsp3) is 0.909. The number of nitrogens with one attached hydrogen (secondary N) is 2. The Morgan fingerprint density at radius 1 is 1.62 bits per heavy atom. The Kier molecular flexibility index (Phi) is 4.15. The molecule has 0 aromatic carbocycles. The first kappa shape index (κ1) is 11.8. The van der Waals surface area contributed by atoms with Gasteiger partial charge in [0.15, 0.2) is 0 Å². The molecule has 0 spiro atoms. The largest absolute Gasteiger partial charge is 0.380 e. The van der Waals surface area contributed by atoms with Crippen LogP contribution in [0.1, 0.15) is 13.3 Å². The minimum atomic E-state index is -0.0274. The van der Waals surface area contributed by atoms with E-state index in [9.17, 15) is 4.79 Å². The molecule has 2 aliphatic heterocycles. The zero-order valence-electron chi connectivity index (χ0n) is 9.87. The highest BCUT2D eigenvalue weighted by atomic mass is 16.5. The predicted molar refractivity (Wildman–Crippen MR) is 61.3 cm³/mol. The molecule has 92 valence electrons. The van der Waals surface area contributed by atoms with Gasteiger partial charge in [-0.05, 0) is 13.3 Å². The van der Waals surface area contributed by atoms with Crippen molar-refractivity contribution >= 4 is 5.91 Å². The first-order valence-electron chi connectivity index (χ1n) is 6.15. The van der Waals surface area contributed by atoms with E-state index < -0.39 is 0 Å². The second-order valence-corrected chi connectivity index (χ2v) is 4.37. The van der Waals surface area contributed by atoms with Crippen LogP contribution in [0, 0.1) is 0 Å². The normalized spacial score (nSPS) is 31.6. The van der Waals surface area contributed by atoms with Gasteiger partial charge < -0.3 is 15.4 Å². The Bertz CT molecular complexity index is 241. The number of hydrogen-bond acceptors (Lipinski definition) is 4. The van der Waals surface area contributed by atoms with E-state index in [1.807, 2.05) is 6.92 Å². The van der Waals surface area contributed by atoms with Gasteiger partial charge in [0.25, 0.3) is 0 Å². The summed E-state index contributed by atoms with van der Waals surface area (Å²) in [5.74, 6) is 0.140. The van der Waals surface area contributed by atoms with Gasteiger partial charge in [-0.2, -0.15) is 0 Å². The third-order valence-electron chi connectivity index (χ3n) is 3.31. The molecular weight excluding hydrogens is 206 g/mol. The van der Waals surface area contributed by atoms with Crippen LogP contribution in [-0.2, 0) is 9.53 Å². The van der Waals surface area contributed by atoms with E-state index in [2.05, 4.69) is 15.5 Å². The summed E-state index contributed by atoms with van der Waals surface area (Å²) in [5, 5.41) is 6.19. The van der Waals surface area contributed by atoms with E-state index in [-0.39, 0.29) is 11.9 Å². The maximum absolute atomic E-state index is 11.9. The second-order valence-electron chi connectivity index (χ2n) is 4.37. The maximum atomic E-state index is 11.9. The molecule has 0 bridgehead atoms. The molecule has 2 aliphatic rings. The number of rotatable bonds is 3. The Hall–Kier alpha value is -0.650. The average Bonchev–Trinajstić information content (AvgIpc) is 2.83.